The van der Waals surface area contributed by atoms with E-state index in [9.17, 15) is 9.59 Å². The summed E-state index contributed by atoms with van der Waals surface area (Å²) in [6, 6.07) is 16.2. The average Bonchev–Trinajstić information content (AvgIpc) is 3.42. The zero-order chi connectivity index (χ0) is 53.8. The first kappa shape index (κ1) is 68.3. The third kappa shape index (κ3) is 41.0. The molecule has 0 aromatic heterocycles. The first-order valence-corrected chi connectivity index (χ1v) is 32.1. The van der Waals surface area contributed by atoms with Crippen LogP contribution in [0.5, 0.6) is 0 Å². The van der Waals surface area contributed by atoms with Gasteiger partial charge in [0.2, 0.25) is 0 Å². The number of benzene rings is 2. The van der Waals surface area contributed by atoms with E-state index in [-0.39, 0.29) is 11.8 Å². The molecule has 432 valence electrons. The molecule has 0 aliphatic heterocycles. The molecule has 2 N–H and O–H groups in total. The number of amides is 2. The summed E-state index contributed by atoms with van der Waals surface area (Å²) in [6.07, 6.45) is 46.1. The second-order valence-electron chi connectivity index (χ2n) is 22.3. The highest BCUT2D eigenvalue weighted by atomic mass is 16.5. The highest BCUT2D eigenvalue weighted by molar-refractivity contribution is 5.94. The molecule has 75 heavy (non-hydrogen) atoms. The quantitative estimate of drug-likeness (QED) is 0.0641. The number of nitrogens with one attached hydrogen (secondary N) is 2. The van der Waals surface area contributed by atoms with Crippen LogP contribution < -0.4 is 10.6 Å². The van der Waals surface area contributed by atoms with E-state index in [1.54, 1.807) is 0 Å². The Hall–Kier alpha value is -2.78. The van der Waals surface area contributed by atoms with E-state index < -0.39 is 0 Å². The number of carbonyl (C=O) groups is 2. The molecular formula is C67H118N2O6. The van der Waals surface area contributed by atoms with E-state index in [0.29, 0.717) is 62.5 Å². The summed E-state index contributed by atoms with van der Waals surface area (Å²) in [5, 5.41) is 6.20. The van der Waals surface area contributed by atoms with Crippen molar-refractivity contribution in [3.05, 3.63) is 70.8 Å². The molecule has 0 unspecified atom stereocenters. The fraction of sp³-hybridized carbons (Fsp3) is 0.791. The van der Waals surface area contributed by atoms with Crippen molar-refractivity contribution in [3.63, 3.8) is 0 Å². The summed E-state index contributed by atoms with van der Waals surface area (Å²) in [5.41, 5.74) is 3.80. The Bertz CT molecular complexity index is 1370. The van der Waals surface area contributed by atoms with Crippen LogP contribution in [0.4, 0.5) is 0 Å². The Kier molecular flexibility index (Phi) is 47.3. The normalized spacial score (nSPS) is 11.6. The van der Waals surface area contributed by atoms with Gasteiger partial charge in [-0.3, -0.25) is 9.59 Å². The van der Waals surface area contributed by atoms with Crippen LogP contribution in [0.25, 0.3) is 0 Å². The number of hydrogen-bond donors (Lipinski definition) is 2. The molecule has 2 aromatic rings. The molecule has 0 fully saturated rings. The summed E-state index contributed by atoms with van der Waals surface area (Å²) in [5.74, 6) is 0.503. The maximum Gasteiger partial charge on any atom is 0.251 e. The van der Waals surface area contributed by atoms with Crippen LogP contribution in [0, 0.1) is 11.8 Å². The molecule has 2 rings (SSSR count). The topological polar surface area (TPSA) is 95.1 Å². The zero-order valence-corrected chi connectivity index (χ0v) is 49.5. The van der Waals surface area contributed by atoms with E-state index in [2.05, 4.69) is 62.6 Å². The van der Waals surface area contributed by atoms with Gasteiger partial charge in [-0.1, -0.05) is 232 Å². The third-order valence-electron chi connectivity index (χ3n) is 14.9. The molecule has 0 heterocycles. The number of ether oxygens (including phenoxy) is 4. The van der Waals surface area contributed by atoms with Crippen molar-refractivity contribution >= 4 is 11.8 Å². The lowest BCUT2D eigenvalue weighted by atomic mass is 9.99. The maximum atomic E-state index is 13.1. The van der Waals surface area contributed by atoms with Crippen molar-refractivity contribution in [2.24, 2.45) is 11.8 Å². The van der Waals surface area contributed by atoms with Gasteiger partial charge in [-0.25, -0.2) is 0 Å². The first-order chi connectivity index (χ1) is 37.0. The van der Waals surface area contributed by atoms with E-state index in [1.807, 2.05) is 24.3 Å². The predicted molar refractivity (Wildman–Crippen MR) is 320 cm³/mol. The third-order valence-corrected chi connectivity index (χ3v) is 14.9. The first-order valence-electron chi connectivity index (χ1n) is 32.1. The van der Waals surface area contributed by atoms with Crippen LogP contribution in [0.3, 0.4) is 0 Å². The van der Waals surface area contributed by atoms with Crippen LogP contribution in [-0.2, 0) is 31.8 Å². The Morgan fingerprint density at radius 2 is 0.547 bits per heavy atom. The Morgan fingerprint density at radius 1 is 0.320 bits per heavy atom. The molecule has 0 aliphatic carbocycles. The summed E-state index contributed by atoms with van der Waals surface area (Å²) in [4.78, 5) is 26.1. The molecule has 8 nitrogen and oxygen atoms in total. The SMILES string of the molecule is CCCCCCCCCCOCC(COCCCCCCCCCC)Cc1ccc(C(=O)NCCCCCNC(=O)c2ccc(CC(COCCCCCCCCCC)COCCCCCCCCCC)cc2)cc1. The van der Waals surface area contributed by atoms with Gasteiger partial charge in [0, 0.05) is 62.5 Å². The zero-order valence-electron chi connectivity index (χ0n) is 49.5. The summed E-state index contributed by atoms with van der Waals surface area (Å²) in [6.45, 7) is 16.4. The number of unbranched alkanes of at least 4 members (excludes halogenated alkanes) is 30. The number of hydrogen-bond acceptors (Lipinski definition) is 6. The standard InChI is InChI=1S/C67H118N2O6/c1-5-9-13-17-21-25-29-36-50-72-56-62(57-73-51-37-30-26-22-18-14-10-6-2)54-60-40-44-64(45-41-60)66(70)68-48-34-33-35-49-69-67(71)65-46-42-61(43-47-65)55-63(58-74-52-38-31-27-23-19-15-11-7-3)59-75-53-39-32-28-24-20-16-12-8-4/h40-47,62-63H,5-39,48-59H2,1-4H3,(H,68,70)(H,69,71). The van der Waals surface area contributed by atoms with Gasteiger partial charge >= 0.3 is 0 Å². The predicted octanol–water partition coefficient (Wildman–Crippen LogP) is 18.0. The molecule has 0 spiro atoms. The van der Waals surface area contributed by atoms with Gasteiger partial charge in [0.25, 0.3) is 11.8 Å². The van der Waals surface area contributed by atoms with Crippen molar-refractivity contribution in [3.8, 4) is 0 Å². The van der Waals surface area contributed by atoms with Gasteiger partial charge < -0.3 is 29.6 Å². The van der Waals surface area contributed by atoms with Crippen LogP contribution in [-0.4, -0.2) is 77.8 Å². The monoisotopic (exact) mass is 1050 g/mol. The fourth-order valence-corrected chi connectivity index (χ4v) is 9.97. The second kappa shape index (κ2) is 51.9. The molecule has 0 atom stereocenters. The molecule has 2 amide bonds. The molecule has 0 saturated carbocycles. The maximum absolute atomic E-state index is 13.1. The Labute approximate surface area is 462 Å². The van der Waals surface area contributed by atoms with E-state index in [1.165, 1.54) is 191 Å². The van der Waals surface area contributed by atoms with Gasteiger partial charge in [0.05, 0.1) is 26.4 Å². The fourth-order valence-electron chi connectivity index (χ4n) is 9.97. The van der Waals surface area contributed by atoms with Crippen LogP contribution >= 0.6 is 0 Å². The van der Waals surface area contributed by atoms with Crippen LogP contribution in [0.1, 0.15) is 284 Å². The molecule has 8 heteroatoms. The van der Waals surface area contributed by atoms with Gasteiger partial charge in [0.1, 0.15) is 0 Å². The molecule has 2 aromatic carbocycles. The Morgan fingerprint density at radius 3 is 0.800 bits per heavy atom. The van der Waals surface area contributed by atoms with Crippen molar-refractivity contribution in [2.75, 3.05) is 65.9 Å². The van der Waals surface area contributed by atoms with Crippen molar-refractivity contribution in [1.29, 1.82) is 0 Å². The van der Waals surface area contributed by atoms with Crippen molar-refractivity contribution < 1.29 is 28.5 Å². The average molecular weight is 1050 g/mol. The molecule has 0 saturated heterocycles. The highest BCUT2D eigenvalue weighted by Gasteiger charge is 2.15. The molecule has 0 radical (unpaired) electrons. The summed E-state index contributed by atoms with van der Waals surface area (Å²) >= 11 is 0. The minimum Gasteiger partial charge on any atom is -0.381 e. The lowest BCUT2D eigenvalue weighted by Gasteiger charge is -2.18. The van der Waals surface area contributed by atoms with Crippen LogP contribution in [0.15, 0.2) is 48.5 Å². The van der Waals surface area contributed by atoms with Gasteiger partial charge in [-0.05, 0) is 93.2 Å². The molecule has 0 aliphatic rings. The summed E-state index contributed by atoms with van der Waals surface area (Å²) in [7, 11) is 0. The lowest BCUT2D eigenvalue weighted by molar-refractivity contribution is 0.0367. The molecule has 0 bridgehead atoms. The Balaban J connectivity index is 1.71. The molecular weight excluding hydrogens is 929 g/mol. The largest absolute Gasteiger partial charge is 0.381 e. The van der Waals surface area contributed by atoms with Gasteiger partial charge in [-0.2, -0.15) is 0 Å². The number of rotatable bonds is 56. The van der Waals surface area contributed by atoms with Gasteiger partial charge in [0.15, 0.2) is 0 Å². The van der Waals surface area contributed by atoms with Crippen molar-refractivity contribution in [1.82, 2.24) is 10.6 Å². The second-order valence-corrected chi connectivity index (χ2v) is 22.3. The van der Waals surface area contributed by atoms with E-state index in [0.717, 1.165) is 84.2 Å². The van der Waals surface area contributed by atoms with Crippen molar-refractivity contribution in [2.45, 2.75) is 265 Å². The van der Waals surface area contributed by atoms with E-state index >= 15 is 0 Å². The summed E-state index contributed by atoms with van der Waals surface area (Å²) < 4.78 is 24.9. The van der Waals surface area contributed by atoms with Gasteiger partial charge in [-0.15, -0.1) is 0 Å². The van der Waals surface area contributed by atoms with E-state index in [4.69, 9.17) is 18.9 Å². The minimum atomic E-state index is -0.0405. The lowest BCUT2D eigenvalue weighted by Crippen LogP contribution is -2.26. The highest BCUT2D eigenvalue weighted by Crippen LogP contribution is 2.18. The van der Waals surface area contributed by atoms with Crippen LogP contribution in [0.2, 0.25) is 0 Å². The smallest absolute Gasteiger partial charge is 0.251 e. The minimum absolute atomic E-state index is 0.0405. The number of carbonyl (C=O) groups excluding carboxylic acids is 2.